The van der Waals surface area contributed by atoms with Crippen LogP contribution < -0.4 is 5.56 Å². The molecule has 2 aromatic rings. The molecule has 2 atom stereocenters. The number of aliphatic imine (C=N–C) groups is 1. The number of ether oxygens (including phenoxy) is 3. The molecule has 0 radical (unpaired) electrons. The monoisotopic (exact) mass is 866 g/mol. The molecular weight excluding hydrogens is 781 g/mol. The van der Waals surface area contributed by atoms with E-state index < -0.39 is 18.1 Å². The van der Waals surface area contributed by atoms with Crippen molar-refractivity contribution in [2.24, 2.45) is 22.7 Å². The Labute approximate surface area is 368 Å². The van der Waals surface area contributed by atoms with Gasteiger partial charge in [-0.05, 0) is 107 Å². The molecule has 3 rings (SSSR count). The quantitative estimate of drug-likeness (QED) is 0.0743. The van der Waals surface area contributed by atoms with Crippen molar-refractivity contribution in [3.63, 3.8) is 0 Å². The number of pyridine rings is 1. The number of unbranched alkanes of at least 4 members (excludes halogenated alkanes) is 3. The largest absolute Gasteiger partial charge is 0.483 e. The number of aromatic amines is 1. The summed E-state index contributed by atoms with van der Waals surface area (Å²) in [5, 5.41) is 6.89. The van der Waals surface area contributed by atoms with E-state index in [1.165, 1.54) is 60.9 Å². The first-order valence-corrected chi connectivity index (χ1v) is 22.3. The van der Waals surface area contributed by atoms with E-state index in [-0.39, 0.29) is 34.8 Å². The molecule has 2 N–H and O–H groups in total. The molecule has 0 aromatic carbocycles. The number of nitrogens with one attached hydrogen (secondary N) is 1. The maximum Gasteiger partial charge on any atom is 0.418 e. The Morgan fingerprint density at radius 3 is 2.02 bits per heavy atom. The highest BCUT2D eigenvalue weighted by molar-refractivity contribution is 5.86. The van der Waals surface area contributed by atoms with Crippen molar-refractivity contribution in [3.8, 4) is 0 Å². The average molecular weight is 866 g/mol. The Bertz CT molecular complexity index is 1580. The normalized spacial score (nSPS) is 14.0. The first kappa shape index (κ1) is 61.4. The van der Waals surface area contributed by atoms with Crippen LogP contribution in [0.3, 0.4) is 0 Å². The van der Waals surface area contributed by atoms with Gasteiger partial charge in [-0.2, -0.15) is 0 Å². The number of hydrogen-bond acceptors (Lipinski definition) is 7. The number of aryl methyl sites for hydroxylation is 2. The minimum absolute atomic E-state index is 0.0113. The molecule has 0 aliphatic carbocycles. The number of alkyl halides is 2. The predicted molar refractivity (Wildman–Crippen MR) is 251 cm³/mol. The fourth-order valence-electron chi connectivity index (χ4n) is 5.03. The summed E-state index contributed by atoms with van der Waals surface area (Å²) in [4.78, 5) is 38.2. The zero-order chi connectivity index (χ0) is 47.8. The minimum atomic E-state index is -2.74. The summed E-state index contributed by atoms with van der Waals surface area (Å²) in [7, 11) is 0. The molecule has 0 saturated carbocycles. The molecule has 2 unspecified atom stereocenters. The summed E-state index contributed by atoms with van der Waals surface area (Å²) in [6, 6.07) is 5.17. The van der Waals surface area contributed by atoms with Gasteiger partial charge in [0.15, 0.2) is 0 Å². The first-order chi connectivity index (χ1) is 28.6. The maximum absolute atomic E-state index is 13.4. The second-order valence-electron chi connectivity index (χ2n) is 16.3. The maximum atomic E-state index is 13.4. The van der Waals surface area contributed by atoms with Gasteiger partial charge in [0, 0.05) is 30.3 Å². The second kappa shape index (κ2) is 34.7. The van der Waals surface area contributed by atoms with Crippen LogP contribution in [0.25, 0.3) is 5.57 Å². The van der Waals surface area contributed by atoms with Crippen LogP contribution in [0.15, 0.2) is 58.7 Å². The number of carbonyl (C=O) groups excluding carboxylic acids is 1. The standard InChI is InChI=1S/C20H28F2N2O2.C12H24O2.C8H11NO.C6H14.C2H6.CH2O2/c1-8-13(2)15(4)23-16(18(21)22)12-14(3)17-10-9-11-24(17)19(25)26-20(5,6)7;1-5-11(4)6-7-14-12(10(2)3)8-13-9-12;1-3-7-4-6(2)8(10)9-5-7;1-3-5-6-4-2;1-2;2-1-3/h9-13,18H,3,8H2,1-2,4-7H3;10-11H,5-9H2,1-4H3;4-5H,3H2,1-2H3,(H,9,10);3-6H2,1-2H3;1-2H3;1H,(H,2,3)/b16-12-,23-15?;;;;;. The van der Waals surface area contributed by atoms with Crippen LogP contribution in [0.2, 0.25) is 0 Å². The number of aromatic nitrogens is 2. The smallest absolute Gasteiger partial charge is 0.418 e. The highest BCUT2D eigenvalue weighted by atomic mass is 19.3. The van der Waals surface area contributed by atoms with Gasteiger partial charge < -0.3 is 24.3 Å². The van der Waals surface area contributed by atoms with E-state index in [9.17, 15) is 18.4 Å². The third kappa shape index (κ3) is 26.9. The van der Waals surface area contributed by atoms with Gasteiger partial charge in [-0.15, -0.1) is 0 Å². The molecule has 12 heteroatoms. The number of halogens is 2. The van der Waals surface area contributed by atoms with Gasteiger partial charge in [-0.1, -0.05) is 115 Å². The number of H-pyrrole nitrogens is 1. The number of hydrogen-bond donors (Lipinski definition) is 2. The summed E-state index contributed by atoms with van der Waals surface area (Å²) in [5.74, 6) is 1.45. The van der Waals surface area contributed by atoms with Crippen LogP contribution in [0.5, 0.6) is 0 Å². The Balaban J connectivity index is -0.000000800. The molecule has 0 bridgehead atoms. The lowest BCUT2D eigenvalue weighted by molar-refractivity contribution is -0.231. The third-order valence-electron chi connectivity index (χ3n) is 9.80. The van der Waals surface area contributed by atoms with E-state index in [4.69, 9.17) is 24.1 Å². The van der Waals surface area contributed by atoms with Crippen LogP contribution >= 0.6 is 0 Å². The van der Waals surface area contributed by atoms with Crippen molar-refractivity contribution < 1.29 is 37.7 Å². The Hall–Kier alpha value is -3.90. The van der Waals surface area contributed by atoms with Crippen molar-refractivity contribution in [1.82, 2.24) is 9.55 Å². The van der Waals surface area contributed by atoms with Gasteiger partial charge in [-0.3, -0.25) is 19.1 Å². The topological polar surface area (TPSA) is 132 Å². The van der Waals surface area contributed by atoms with Gasteiger partial charge in [0.2, 0.25) is 0 Å². The van der Waals surface area contributed by atoms with Gasteiger partial charge in [0.25, 0.3) is 18.5 Å². The SMILES string of the molecule is C=C(/C=C(\N=C(C)C(C)CC)C(F)F)c1cccn1C(=O)OC(C)(C)C.CC.CCC(C)CCOC1(C(C)C)COC1.CCCCCC.CCc1c[nH]c(=O)c(C)c1.O=CO. The van der Waals surface area contributed by atoms with Crippen LogP contribution in [-0.4, -0.2) is 70.4 Å². The summed E-state index contributed by atoms with van der Waals surface area (Å²) < 4.78 is 44.6. The highest BCUT2D eigenvalue weighted by Crippen LogP contribution is 2.31. The van der Waals surface area contributed by atoms with Crippen molar-refractivity contribution in [1.29, 1.82) is 0 Å². The van der Waals surface area contributed by atoms with E-state index in [0.29, 0.717) is 17.3 Å². The fraction of sp³-hybridized carbons (Fsp3) is 0.673. The lowest BCUT2D eigenvalue weighted by atomic mass is 9.88. The Morgan fingerprint density at radius 1 is 1.07 bits per heavy atom. The second-order valence-corrected chi connectivity index (χ2v) is 16.3. The average Bonchev–Trinajstić information content (AvgIpc) is 3.70. The third-order valence-corrected chi connectivity index (χ3v) is 9.80. The molecule has 352 valence electrons. The summed E-state index contributed by atoms with van der Waals surface area (Å²) in [5.41, 5.74) is 2.26. The van der Waals surface area contributed by atoms with E-state index in [1.807, 2.05) is 40.7 Å². The molecule has 1 fully saturated rings. The number of nitrogens with zero attached hydrogens (tertiary/aromatic N) is 2. The minimum Gasteiger partial charge on any atom is -0.483 e. The first-order valence-electron chi connectivity index (χ1n) is 22.3. The van der Waals surface area contributed by atoms with E-state index in [0.717, 1.165) is 44.1 Å². The Kier molecular flexibility index (Phi) is 34.9. The van der Waals surface area contributed by atoms with Crippen LogP contribution in [0.1, 0.15) is 166 Å². The molecular formula is C49H85F2N3O7. The Morgan fingerprint density at radius 2 is 1.62 bits per heavy atom. The van der Waals surface area contributed by atoms with Crippen molar-refractivity contribution >= 4 is 23.9 Å². The fourth-order valence-corrected chi connectivity index (χ4v) is 5.03. The van der Waals surface area contributed by atoms with Crippen LogP contribution in [0.4, 0.5) is 13.6 Å². The van der Waals surface area contributed by atoms with Crippen molar-refractivity contribution in [2.75, 3.05) is 19.8 Å². The predicted octanol–water partition coefficient (Wildman–Crippen LogP) is 13.4. The van der Waals surface area contributed by atoms with Crippen LogP contribution in [0, 0.1) is 24.7 Å². The number of carbonyl (C=O) groups is 2. The molecule has 1 aliphatic rings. The van der Waals surface area contributed by atoms with Crippen LogP contribution in [-0.2, 0) is 25.4 Å². The molecule has 3 heterocycles. The summed E-state index contributed by atoms with van der Waals surface area (Å²) in [6.07, 6.45) is 10.9. The number of allylic oxidation sites excluding steroid dienone is 3. The molecule has 1 saturated heterocycles. The summed E-state index contributed by atoms with van der Waals surface area (Å²) in [6.45, 7) is 38.2. The van der Waals surface area contributed by atoms with Gasteiger partial charge in [-0.25, -0.2) is 13.6 Å². The summed E-state index contributed by atoms with van der Waals surface area (Å²) >= 11 is 0. The zero-order valence-corrected chi connectivity index (χ0v) is 40.9. The molecule has 2 aromatic heterocycles. The zero-order valence-electron chi connectivity index (χ0n) is 40.9. The molecule has 61 heavy (non-hydrogen) atoms. The molecule has 0 amide bonds. The van der Waals surface area contributed by atoms with E-state index in [1.54, 1.807) is 46.0 Å². The van der Waals surface area contributed by atoms with Gasteiger partial charge >= 0.3 is 6.09 Å². The lowest BCUT2D eigenvalue weighted by Gasteiger charge is -2.44. The van der Waals surface area contributed by atoms with E-state index in [2.05, 4.69) is 65.0 Å². The molecule has 10 nitrogen and oxygen atoms in total. The van der Waals surface area contributed by atoms with Gasteiger partial charge in [0.05, 0.1) is 18.9 Å². The molecule has 1 aliphatic heterocycles. The van der Waals surface area contributed by atoms with Gasteiger partial charge in [0.1, 0.15) is 16.9 Å². The lowest BCUT2D eigenvalue weighted by Crippen LogP contribution is -2.56. The van der Waals surface area contributed by atoms with Crippen molar-refractivity contribution in [2.45, 2.75) is 180 Å². The highest BCUT2D eigenvalue weighted by Gasteiger charge is 2.42. The number of rotatable bonds is 16. The van der Waals surface area contributed by atoms with Crippen molar-refractivity contribution in [3.05, 3.63) is 76.1 Å². The van der Waals surface area contributed by atoms with E-state index >= 15 is 0 Å². The molecule has 0 spiro atoms. The number of carboxylic acid groups (broad SMARTS) is 1.